The average Bonchev–Trinajstić information content (AvgIpc) is 3.25. The second-order valence-corrected chi connectivity index (χ2v) is 6.65. The van der Waals surface area contributed by atoms with Crippen molar-refractivity contribution < 1.29 is 23.5 Å². The molecule has 0 fully saturated rings. The molecule has 0 aliphatic carbocycles. The van der Waals surface area contributed by atoms with Gasteiger partial charge in [0.15, 0.2) is 6.61 Å². The van der Waals surface area contributed by atoms with Crippen LogP contribution in [0.25, 0.3) is 0 Å². The summed E-state index contributed by atoms with van der Waals surface area (Å²) >= 11 is 0. The Balaban J connectivity index is 1.48. The first kappa shape index (κ1) is 22.1. The van der Waals surface area contributed by atoms with Crippen molar-refractivity contribution in [3.63, 3.8) is 0 Å². The predicted molar refractivity (Wildman–Crippen MR) is 114 cm³/mol. The zero-order valence-corrected chi connectivity index (χ0v) is 17.8. The van der Waals surface area contributed by atoms with Crippen LogP contribution in [0, 0.1) is 0 Å². The van der Waals surface area contributed by atoms with Crippen molar-refractivity contribution in [3.8, 4) is 17.2 Å². The van der Waals surface area contributed by atoms with E-state index in [2.05, 4.69) is 15.5 Å². The zero-order valence-electron chi connectivity index (χ0n) is 17.8. The second-order valence-electron chi connectivity index (χ2n) is 6.65. The second kappa shape index (κ2) is 11.0. The molecule has 1 N–H and O–H groups in total. The minimum atomic E-state index is -0.130. The topological polar surface area (TPSA) is 99.0 Å². The van der Waals surface area contributed by atoms with Gasteiger partial charge in [-0.1, -0.05) is 12.1 Å². The summed E-state index contributed by atoms with van der Waals surface area (Å²) in [6.07, 6.45) is 0. The first-order chi connectivity index (χ1) is 15.1. The lowest BCUT2D eigenvalue weighted by atomic mass is 10.3. The van der Waals surface area contributed by atoms with Crippen LogP contribution in [0.15, 0.2) is 53.1 Å². The number of nitrogens with zero attached hydrogens (tertiary/aromatic N) is 3. The number of likely N-dealkylation sites (N-methyl/N-ethyl adjacent to an activating group) is 1. The summed E-state index contributed by atoms with van der Waals surface area (Å²) in [5, 5.41) is 6.80. The number of carbonyl (C=O) groups excluding carboxylic acids is 1. The summed E-state index contributed by atoms with van der Waals surface area (Å²) < 4.78 is 21.2. The number of carbonyl (C=O) groups is 1. The summed E-state index contributed by atoms with van der Waals surface area (Å²) in [6.45, 7) is 3.35. The Labute approximate surface area is 180 Å². The molecule has 31 heavy (non-hydrogen) atoms. The van der Waals surface area contributed by atoms with Gasteiger partial charge in [-0.2, -0.15) is 4.98 Å². The maximum Gasteiger partial charge on any atom is 0.240 e. The van der Waals surface area contributed by atoms with Gasteiger partial charge in [-0.15, -0.1) is 0 Å². The lowest BCUT2D eigenvalue weighted by Crippen LogP contribution is -2.32. The molecule has 0 aliphatic rings. The molecular weight excluding hydrogens is 400 g/mol. The quantitative estimate of drug-likeness (QED) is 0.499. The molecule has 0 saturated carbocycles. The summed E-state index contributed by atoms with van der Waals surface area (Å²) in [5.74, 6) is 2.89. The maximum absolute atomic E-state index is 12.4. The van der Waals surface area contributed by atoms with E-state index >= 15 is 0 Å². The van der Waals surface area contributed by atoms with E-state index in [0.717, 1.165) is 11.5 Å². The van der Waals surface area contributed by atoms with Crippen molar-refractivity contribution in [2.75, 3.05) is 32.6 Å². The van der Waals surface area contributed by atoms with Gasteiger partial charge in [0, 0.05) is 5.69 Å². The molecular formula is C22H26N4O5. The Bertz CT molecular complexity index is 957. The van der Waals surface area contributed by atoms with Crippen LogP contribution in [0.4, 0.5) is 5.69 Å². The summed E-state index contributed by atoms with van der Waals surface area (Å²) in [6, 6.07) is 14.4. The monoisotopic (exact) mass is 426 g/mol. The van der Waals surface area contributed by atoms with E-state index in [1.54, 1.807) is 50.6 Å². The molecule has 0 radical (unpaired) electrons. The van der Waals surface area contributed by atoms with Crippen LogP contribution in [-0.2, 0) is 17.9 Å². The van der Waals surface area contributed by atoms with Crippen LogP contribution >= 0.6 is 0 Å². The normalized spacial score (nSPS) is 10.7. The zero-order chi connectivity index (χ0) is 22.1. The molecule has 0 unspecified atom stereocenters. The molecule has 9 nitrogen and oxygen atoms in total. The number of hydrogen-bond donors (Lipinski definition) is 1. The fourth-order valence-electron chi connectivity index (χ4n) is 2.78. The molecule has 3 rings (SSSR count). The fourth-order valence-corrected chi connectivity index (χ4v) is 2.78. The van der Waals surface area contributed by atoms with Crippen molar-refractivity contribution in [1.29, 1.82) is 0 Å². The van der Waals surface area contributed by atoms with Crippen molar-refractivity contribution in [3.05, 3.63) is 60.2 Å². The van der Waals surface area contributed by atoms with Gasteiger partial charge < -0.3 is 24.1 Å². The van der Waals surface area contributed by atoms with Gasteiger partial charge in [0.25, 0.3) is 0 Å². The molecule has 0 saturated heterocycles. The standard InChI is InChI=1S/C22H26N4O5/c1-4-26(13-21(27)23-16-5-7-17(28-2)8-6-16)14-22-24-20(25-31-22)15-30-19-11-9-18(29-3)10-12-19/h5-12H,4,13-15H2,1-3H3,(H,23,27). The van der Waals surface area contributed by atoms with Crippen molar-refractivity contribution in [2.24, 2.45) is 0 Å². The highest BCUT2D eigenvalue weighted by atomic mass is 16.5. The molecule has 2 aromatic carbocycles. The lowest BCUT2D eigenvalue weighted by molar-refractivity contribution is -0.117. The molecule has 0 aliphatic heterocycles. The van der Waals surface area contributed by atoms with Gasteiger partial charge >= 0.3 is 0 Å². The Hall–Kier alpha value is -3.59. The number of aromatic nitrogens is 2. The molecule has 1 aromatic heterocycles. The van der Waals surface area contributed by atoms with E-state index in [1.165, 1.54) is 0 Å². The third-order valence-electron chi connectivity index (χ3n) is 4.48. The van der Waals surface area contributed by atoms with Crippen LogP contribution in [0.3, 0.4) is 0 Å². The van der Waals surface area contributed by atoms with E-state index in [-0.39, 0.29) is 19.1 Å². The molecule has 0 bridgehead atoms. The Morgan fingerprint density at radius 2 is 1.61 bits per heavy atom. The van der Waals surface area contributed by atoms with Crippen LogP contribution in [-0.4, -0.2) is 48.3 Å². The number of methoxy groups -OCH3 is 2. The molecule has 0 atom stereocenters. The van der Waals surface area contributed by atoms with Crippen LogP contribution in [0.5, 0.6) is 17.2 Å². The SMILES string of the molecule is CCN(CC(=O)Nc1ccc(OC)cc1)Cc1nc(COc2ccc(OC)cc2)no1. The molecule has 3 aromatic rings. The number of nitrogens with one attached hydrogen (secondary N) is 1. The van der Waals surface area contributed by atoms with Gasteiger partial charge in [-0.05, 0) is 55.1 Å². The number of rotatable bonds is 11. The van der Waals surface area contributed by atoms with E-state index in [4.69, 9.17) is 18.7 Å². The van der Waals surface area contributed by atoms with E-state index in [1.807, 2.05) is 24.0 Å². The number of anilines is 1. The molecule has 164 valence electrons. The van der Waals surface area contributed by atoms with Crippen molar-refractivity contribution in [1.82, 2.24) is 15.0 Å². The van der Waals surface area contributed by atoms with E-state index in [0.29, 0.717) is 36.2 Å². The van der Waals surface area contributed by atoms with Crippen LogP contribution in [0.2, 0.25) is 0 Å². The highest BCUT2D eigenvalue weighted by Crippen LogP contribution is 2.18. The van der Waals surface area contributed by atoms with Gasteiger partial charge in [0.05, 0.1) is 27.3 Å². The van der Waals surface area contributed by atoms with Gasteiger partial charge in [0.2, 0.25) is 17.6 Å². The Morgan fingerprint density at radius 1 is 1.00 bits per heavy atom. The van der Waals surface area contributed by atoms with Gasteiger partial charge in [-0.25, -0.2) is 0 Å². The van der Waals surface area contributed by atoms with Gasteiger partial charge in [0.1, 0.15) is 17.2 Å². The number of benzene rings is 2. The average molecular weight is 426 g/mol. The lowest BCUT2D eigenvalue weighted by Gasteiger charge is -2.17. The van der Waals surface area contributed by atoms with E-state index < -0.39 is 0 Å². The minimum Gasteiger partial charge on any atom is -0.497 e. The molecule has 9 heteroatoms. The summed E-state index contributed by atoms with van der Waals surface area (Å²) in [7, 11) is 3.21. The van der Waals surface area contributed by atoms with E-state index in [9.17, 15) is 4.79 Å². The van der Waals surface area contributed by atoms with Crippen molar-refractivity contribution >= 4 is 11.6 Å². The van der Waals surface area contributed by atoms with Crippen LogP contribution < -0.4 is 19.5 Å². The largest absolute Gasteiger partial charge is 0.497 e. The fraction of sp³-hybridized carbons (Fsp3) is 0.318. The number of amides is 1. The maximum atomic E-state index is 12.4. The third kappa shape index (κ3) is 6.71. The first-order valence-electron chi connectivity index (χ1n) is 9.84. The predicted octanol–water partition coefficient (Wildman–Crippen LogP) is 3.13. The molecule has 0 spiro atoms. The van der Waals surface area contributed by atoms with Crippen molar-refractivity contribution in [2.45, 2.75) is 20.1 Å². The molecule has 1 amide bonds. The smallest absolute Gasteiger partial charge is 0.240 e. The minimum absolute atomic E-state index is 0.130. The highest BCUT2D eigenvalue weighted by Gasteiger charge is 2.15. The summed E-state index contributed by atoms with van der Waals surface area (Å²) in [4.78, 5) is 18.6. The number of hydrogen-bond acceptors (Lipinski definition) is 8. The van der Waals surface area contributed by atoms with Crippen LogP contribution in [0.1, 0.15) is 18.6 Å². The Morgan fingerprint density at radius 3 is 2.23 bits per heavy atom. The first-order valence-corrected chi connectivity index (χ1v) is 9.84. The third-order valence-corrected chi connectivity index (χ3v) is 4.48. The molecule has 1 heterocycles. The number of ether oxygens (including phenoxy) is 3. The Kier molecular flexibility index (Phi) is 7.83. The highest BCUT2D eigenvalue weighted by molar-refractivity contribution is 5.92. The van der Waals surface area contributed by atoms with Gasteiger partial charge in [-0.3, -0.25) is 9.69 Å². The summed E-state index contributed by atoms with van der Waals surface area (Å²) in [5.41, 5.74) is 0.706.